The monoisotopic (exact) mass is 604 g/mol. The highest BCUT2D eigenvalue weighted by molar-refractivity contribution is 6.73. The van der Waals surface area contributed by atoms with Crippen LogP contribution in [0.2, 0.25) is 18.1 Å². The number of hydrogen-bond donors (Lipinski definition) is 0. The second-order valence-electron chi connectivity index (χ2n) is 11.1. The fraction of sp³-hybridized carbons (Fsp3) is 0.444. The highest BCUT2D eigenvalue weighted by Crippen LogP contribution is 2.36. The Morgan fingerprint density at radius 1 is 0.698 bits per heavy atom. The van der Waals surface area contributed by atoms with Crippen molar-refractivity contribution in [1.82, 2.24) is 0 Å². The Morgan fingerprint density at radius 3 is 1.79 bits per heavy atom. The first-order chi connectivity index (χ1) is 21.0. The molecule has 1 aliphatic rings. The van der Waals surface area contributed by atoms with Crippen molar-refractivity contribution in [2.75, 3.05) is 13.7 Å². The molecule has 0 amide bonds. The van der Waals surface area contributed by atoms with E-state index in [4.69, 9.17) is 28.1 Å². The van der Waals surface area contributed by atoms with Crippen molar-refractivity contribution >= 4 is 8.32 Å². The molecule has 43 heavy (non-hydrogen) atoms. The second kappa shape index (κ2) is 16.8. The van der Waals surface area contributed by atoms with Crippen molar-refractivity contribution < 1.29 is 28.1 Å². The zero-order chi connectivity index (χ0) is 30.5. The number of methoxy groups -OCH3 is 1. The van der Waals surface area contributed by atoms with Crippen LogP contribution in [0.15, 0.2) is 97.3 Å². The smallest absolute Gasteiger partial charge is 0.193 e. The zero-order valence-electron chi connectivity index (χ0n) is 26.2. The highest BCUT2D eigenvalue weighted by Gasteiger charge is 2.48. The van der Waals surface area contributed by atoms with Gasteiger partial charge in [-0.05, 0) is 47.0 Å². The molecule has 1 heterocycles. The SMILES string of the molecule is C=C1O[C@@H](CCOCc2ccccc2)[C@H](OCc2ccc(OC)cc2)[C@H](OCc2ccccc2)[C@@H]1O[Si](CC)(CC)CC. The molecule has 7 heteroatoms. The quantitative estimate of drug-likeness (QED) is 0.115. The largest absolute Gasteiger partial charge is 0.497 e. The Bertz CT molecular complexity index is 1210. The summed E-state index contributed by atoms with van der Waals surface area (Å²) in [5, 5.41) is 0. The number of ether oxygens (including phenoxy) is 5. The molecule has 0 saturated carbocycles. The van der Waals surface area contributed by atoms with E-state index >= 15 is 0 Å². The number of benzene rings is 3. The molecule has 0 radical (unpaired) electrons. The predicted molar refractivity (Wildman–Crippen MR) is 173 cm³/mol. The minimum atomic E-state index is -2.03. The molecule has 1 aliphatic heterocycles. The van der Waals surface area contributed by atoms with E-state index in [0.717, 1.165) is 40.6 Å². The van der Waals surface area contributed by atoms with Crippen molar-refractivity contribution in [2.45, 2.75) is 89.6 Å². The summed E-state index contributed by atoms with van der Waals surface area (Å²) in [5.74, 6) is 1.43. The van der Waals surface area contributed by atoms with Gasteiger partial charge in [-0.3, -0.25) is 0 Å². The van der Waals surface area contributed by atoms with Crippen molar-refractivity contribution in [3.8, 4) is 5.75 Å². The van der Waals surface area contributed by atoms with Crippen LogP contribution in [0, 0.1) is 0 Å². The molecule has 0 aliphatic carbocycles. The lowest BCUT2D eigenvalue weighted by Crippen LogP contribution is -2.58. The van der Waals surface area contributed by atoms with E-state index in [1.807, 2.05) is 60.7 Å². The molecule has 0 aromatic heterocycles. The van der Waals surface area contributed by atoms with E-state index in [1.54, 1.807) is 7.11 Å². The molecular formula is C36H48O6Si. The molecule has 1 saturated heterocycles. The van der Waals surface area contributed by atoms with Gasteiger partial charge in [0.05, 0.1) is 33.5 Å². The van der Waals surface area contributed by atoms with Crippen molar-refractivity contribution in [1.29, 1.82) is 0 Å². The fourth-order valence-electron chi connectivity index (χ4n) is 5.55. The van der Waals surface area contributed by atoms with Crippen LogP contribution in [-0.4, -0.2) is 46.4 Å². The molecule has 232 valence electrons. The summed E-state index contributed by atoms with van der Waals surface area (Å²) in [6.07, 6.45) is -0.871. The molecule has 0 bridgehead atoms. The lowest BCUT2D eigenvalue weighted by Gasteiger charge is -2.46. The van der Waals surface area contributed by atoms with E-state index in [9.17, 15) is 0 Å². The van der Waals surface area contributed by atoms with Crippen LogP contribution in [0.5, 0.6) is 5.75 Å². The first-order valence-corrected chi connectivity index (χ1v) is 18.1. The molecule has 6 nitrogen and oxygen atoms in total. The Morgan fingerprint density at radius 2 is 1.23 bits per heavy atom. The third-order valence-corrected chi connectivity index (χ3v) is 13.1. The molecule has 3 aromatic rings. The standard InChI is InChI=1S/C36H48O6Si/c1-6-43(7-2,8-3)42-34-28(4)41-33(23-24-38-25-29-15-11-9-12-16-29)35(36(34)40-26-30-17-13-10-14-18-30)39-27-31-19-21-32(37-5)22-20-31/h9-22,33-36H,4,6-8,23-27H2,1-3,5H3/t33-,34+,35-,36+/m0/s1. The van der Waals surface area contributed by atoms with Crippen molar-refractivity contribution in [3.05, 3.63) is 114 Å². The first kappa shape index (κ1) is 33.0. The van der Waals surface area contributed by atoms with Gasteiger partial charge >= 0.3 is 0 Å². The summed E-state index contributed by atoms with van der Waals surface area (Å²) >= 11 is 0. The molecule has 3 aromatic carbocycles. The van der Waals surface area contributed by atoms with Gasteiger partial charge in [-0.2, -0.15) is 0 Å². The molecule has 1 fully saturated rings. The van der Waals surface area contributed by atoms with Gasteiger partial charge in [-0.1, -0.05) is 100 Å². The minimum Gasteiger partial charge on any atom is -0.497 e. The lowest BCUT2D eigenvalue weighted by molar-refractivity contribution is -0.201. The van der Waals surface area contributed by atoms with Gasteiger partial charge < -0.3 is 28.1 Å². The first-order valence-electron chi connectivity index (χ1n) is 15.6. The van der Waals surface area contributed by atoms with Gasteiger partial charge in [0.2, 0.25) is 0 Å². The minimum absolute atomic E-state index is 0.303. The van der Waals surface area contributed by atoms with E-state index in [-0.39, 0.29) is 12.2 Å². The van der Waals surface area contributed by atoms with Gasteiger partial charge in [-0.15, -0.1) is 0 Å². The summed E-state index contributed by atoms with van der Waals surface area (Å²) < 4.78 is 38.5. The van der Waals surface area contributed by atoms with E-state index in [0.29, 0.717) is 38.6 Å². The van der Waals surface area contributed by atoms with Crippen LogP contribution >= 0.6 is 0 Å². The van der Waals surface area contributed by atoms with Gasteiger partial charge in [0.15, 0.2) is 8.32 Å². The number of rotatable bonds is 17. The normalized spacial score (nSPS) is 20.5. The van der Waals surface area contributed by atoms with Crippen LogP contribution in [0.25, 0.3) is 0 Å². The maximum atomic E-state index is 7.05. The third-order valence-electron chi connectivity index (χ3n) is 8.46. The summed E-state index contributed by atoms with van der Waals surface area (Å²) in [6, 6.07) is 31.4. The van der Waals surface area contributed by atoms with Crippen LogP contribution in [0.4, 0.5) is 0 Å². The summed E-state index contributed by atoms with van der Waals surface area (Å²) in [7, 11) is -0.359. The zero-order valence-corrected chi connectivity index (χ0v) is 27.2. The topological polar surface area (TPSA) is 55.4 Å². The van der Waals surface area contributed by atoms with E-state index < -0.39 is 20.5 Å². The summed E-state index contributed by atoms with van der Waals surface area (Å²) in [5.41, 5.74) is 3.28. The lowest BCUT2D eigenvalue weighted by atomic mass is 9.95. The van der Waals surface area contributed by atoms with Gasteiger partial charge in [0, 0.05) is 6.42 Å². The van der Waals surface area contributed by atoms with E-state index in [1.165, 1.54) is 0 Å². The maximum Gasteiger partial charge on any atom is 0.193 e. The summed E-state index contributed by atoms with van der Waals surface area (Å²) in [6.45, 7) is 13.0. The van der Waals surface area contributed by atoms with E-state index in [2.05, 4.69) is 51.6 Å². The van der Waals surface area contributed by atoms with Crippen LogP contribution in [0.1, 0.15) is 43.9 Å². The van der Waals surface area contributed by atoms with Gasteiger partial charge in [-0.25, -0.2) is 0 Å². The van der Waals surface area contributed by atoms with Crippen LogP contribution in [-0.2, 0) is 43.2 Å². The van der Waals surface area contributed by atoms with Crippen LogP contribution < -0.4 is 4.74 Å². The average Bonchev–Trinajstić information content (AvgIpc) is 3.06. The molecule has 0 spiro atoms. The van der Waals surface area contributed by atoms with Crippen molar-refractivity contribution in [3.63, 3.8) is 0 Å². The summed E-state index contributed by atoms with van der Waals surface area (Å²) in [4.78, 5) is 0. The van der Waals surface area contributed by atoms with Gasteiger partial charge in [0.1, 0.15) is 35.9 Å². The Balaban J connectivity index is 1.58. The molecule has 4 rings (SSSR count). The Labute approximate surface area is 259 Å². The second-order valence-corrected chi connectivity index (χ2v) is 15.8. The van der Waals surface area contributed by atoms with Crippen LogP contribution in [0.3, 0.4) is 0 Å². The molecule has 4 atom stereocenters. The predicted octanol–water partition coefficient (Wildman–Crippen LogP) is 8.08. The van der Waals surface area contributed by atoms with Gasteiger partial charge in [0.25, 0.3) is 0 Å². The Hall–Kier alpha value is -2.94. The molecular weight excluding hydrogens is 556 g/mol. The fourth-order valence-corrected chi connectivity index (χ4v) is 8.35. The molecule has 0 N–H and O–H groups in total. The highest BCUT2D eigenvalue weighted by atomic mass is 28.4. The molecule has 0 unspecified atom stereocenters. The van der Waals surface area contributed by atoms with Crippen molar-refractivity contribution in [2.24, 2.45) is 0 Å². The number of hydrogen-bond acceptors (Lipinski definition) is 6. The Kier molecular flexibility index (Phi) is 12.9. The third kappa shape index (κ3) is 9.27. The average molecular weight is 605 g/mol. The maximum absolute atomic E-state index is 7.05.